The maximum atomic E-state index is 8.36. The number of rotatable bonds is 2. The number of nitrogens with one attached hydrogen (secondary N) is 1. The van der Waals surface area contributed by atoms with Crippen molar-refractivity contribution in [1.29, 1.82) is 0 Å². The number of hydroxylamine groups is 1. The summed E-state index contributed by atoms with van der Waals surface area (Å²) in [7, 11) is 0. The van der Waals surface area contributed by atoms with Crippen LogP contribution in [-0.4, -0.2) is 23.3 Å². The molecule has 1 aliphatic rings. The fourth-order valence-electron chi connectivity index (χ4n) is 1.10. The van der Waals surface area contributed by atoms with Crippen LogP contribution in [-0.2, 0) is 0 Å². The Morgan fingerprint density at radius 3 is 3.11 bits per heavy atom. The summed E-state index contributed by atoms with van der Waals surface area (Å²) in [6.07, 6.45) is 2.59. The molecule has 2 N–H and O–H groups in total. The second-order valence-corrected chi connectivity index (χ2v) is 3.60. The molecule has 54 valence electrons. The first kappa shape index (κ1) is 7.38. The summed E-state index contributed by atoms with van der Waals surface area (Å²) in [5, 5.41) is 8.36. The lowest BCUT2D eigenvalue weighted by molar-refractivity contribution is 0.150. The maximum absolute atomic E-state index is 8.36. The molecule has 0 aromatic carbocycles. The van der Waals surface area contributed by atoms with Gasteiger partial charge in [0.2, 0.25) is 0 Å². The fraction of sp³-hybridized carbons (Fsp3) is 1.00. The van der Waals surface area contributed by atoms with E-state index in [9.17, 15) is 0 Å². The molecular formula is C6H13NOS. The molecule has 0 amide bonds. The van der Waals surface area contributed by atoms with Gasteiger partial charge in [-0.05, 0) is 30.3 Å². The molecule has 9 heavy (non-hydrogen) atoms. The van der Waals surface area contributed by atoms with Crippen LogP contribution in [0.15, 0.2) is 0 Å². The minimum Gasteiger partial charge on any atom is -0.317 e. The van der Waals surface area contributed by atoms with E-state index in [0.29, 0.717) is 5.92 Å². The van der Waals surface area contributed by atoms with E-state index in [0.717, 1.165) is 6.54 Å². The molecule has 0 aromatic heterocycles. The van der Waals surface area contributed by atoms with Gasteiger partial charge < -0.3 is 5.21 Å². The Balaban J connectivity index is 2.08. The maximum Gasteiger partial charge on any atom is 0.0243 e. The molecule has 0 spiro atoms. The van der Waals surface area contributed by atoms with Crippen molar-refractivity contribution in [2.45, 2.75) is 12.8 Å². The molecule has 2 nitrogen and oxygen atoms in total. The molecule has 1 saturated heterocycles. The highest BCUT2D eigenvalue weighted by Crippen LogP contribution is 2.21. The molecule has 3 heteroatoms. The van der Waals surface area contributed by atoms with E-state index in [1.165, 1.54) is 24.3 Å². The summed E-state index contributed by atoms with van der Waals surface area (Å²) in [6, 6.07) is 0. The van der Waals surface area contributed by atoms with Gasteiger partial charge in [0.1, 0.15) is 0 Å². The summed E-state index contributed by atoms with van der Waals surface area (Å²) in [6.45, 7) is 0.771. The van der Waals surface area contributed by atoms with Crippen LogP contribution >= 0.6 is 11.8 Å². The van der Waals surface area contributed by atoms with Crippen LogP contribution in [0.2, 0.25) is 0 Å². The van der Waals surface area contributed by atoms with Crippen LogP contribution in [0.25, 0.3) is 0 Å². The quantitative estimate of drug-likeness (QED) is 0.574. The minimum absolute atomic E-state index is 0.703. The number of hydrogen-bond acceptors (Lipinski definition) is 3. The Labute approximate surface area is 60.0 Å². The van der Waals surface area contributed by atoms with Gasteiger partial charge in [-0.25, -0.2) is 5.48 Å². The molecule has 0 aliphatic carbocycles. The normalized spacial score (nSPS) is 28.3. The average Bonchev–Trinajstić information content (AvgIpc) is 1.91. The highest BCUT2D eigenvalue weighted by Gasteiger charge is 2.11. The fourth-order valence-corrected chi connectivity index (χ4v) is 2.25. The van der Waals surface area contributed by atoms with Crippen molar-refractivity contribution in [2.75, 3.05) is 18.1 Å². The van der Waals surface area contributed by atoms with E-state index < -0.39 is 0 Å². The first-order chi connectivity index (χ1) is 4.43. The molecular weight excluding hydrogens is 134 g/mol. The zero-order valence-corrected chi connectivity index (χ0v) is 6.28. The summed E-state index contributed by atoms with van der Waals surface area (Å²) in [5.41, 5.74) is 2.22. The summed E-state index contributed by atoms with van der Waals surface area (Å²) >= 11 is 1.99. The van der Waals surface area contributed by atoms with Crippen molar-refractivity contribution < 1.29 is 5.21 Å². The highest BCUT2D eigenvalue weighted by molar-refractivity contribution is 7.99. The van der Waals surface area contributed by atoms with Crippen LogP contribution in [0, 0.1) is 5.92 Å². The zero-order chi connectivity index (χ0) is 6.53. The van der Waals surface area contributed by atoms with Gasteiger partial charge in [-0.15, -0.1) is 0 Å². The van der Waals surface area contributed by atoms with Gasteiger partial charge in [0.25, 0.3) is 0 Å². The zero-order valence-electron chi connectivity index (χ0n) is 5.47. The topological polar surface area (TPSA) is 32.3 Å². The first-order valence-electron chi connectivity index (χ1n) is 3.38. The van der Waals surface area contributed by atoms with E-state index in [2.05, 4.69) is 5.48 Å². The van der Waals surface area contributed by atoms with E-state index >= 15 is 0 Å². The molecule has 0 bridgehead atoms. The molecule has 1 fully saturated rings. The standard InChI is InChI=1S/C6H13NOS/c8-7-4-6-2-1-3-9-5-6/h6-8H,1-5H2. The molecule has 1 heterocycles. The minimum atomic E-state index is 0.703. The Kier molecular flexibility index (Phi) is 3.40. The van der Waals surface area contributed by atoms with Crippen molar-refractivity contribution >= 4 is 11.8 Å². The van der Waals surface area contributed by atoms with Gasteiger partial charge >= 0.3 is 0 Å². The van der Waals surface area contributed by atoms with E-state index in [1.54, 1.807) is 0 Å². The van der Waals surface area contributed by atoms with Gasteiger partial charge in [-0.1, -0.05) is 0 Å². The predicted octanol–water partition coefficient (Wildman–Crippen LogP) is 1.11. The second-order valence-electron chi connectivity index (χ2n) is 2.45. The third-order valence-electron chi connectivity index (χ3n) is 1.63. The molecule has 1 atom stereocenters. The van der Waals surface area contributed by atoms with Crippen LogP contribution in [0.5, 0.6) is 0 Å². The highest BCUT2D eigenvalue weighted by atomic mass is 32.2. The summed E-state index contributed by atoms with van der Waals surface area (Å²) in [5.74, 6) is 3.23. The van der Waals surface area contributed by atoms with Crippen LogP contribution in [0.1, 0.15) is 12.8 Å². The molecule has 0 aromatic rings. The lowest BCUT2D eigenvalue weighted by atomic mass is 10.1. The van der Waals surface area contributed by atoms with Crippen molar-refractivity contribution in [1.82, 2.24) is 5.48 Å². The first-order valence-corrected chi connectivity index (χ1v) is 4.53. The largest absolute Gasteiger partial charge is 0.317 e. The molecule has 0 radical (unpaired) electrons. The van der Waals surface area contributed by atoms with Gasteiger partial charge in [0, 0.05) is 6.54 Å². The van der Waals surface area contributed by atoms with E-state index in [4.69, 9.17) is 5.21 Å². The Bertz CT molecular complexity index is 70.7. The summed E-state index contributed by atoms with van der Waals surface area (Å²) < 4.78 is 0. The van der Waals surface area contributed by atoms with E-state index in [-0.39, 0.29) is 0 Å². The average molecular weight is 147 g/mol. The third kappa shape index (κ3) is 2.56. The SMILES string of the molecule is ONCC1CCCSC1. The Morgan fingerprint density at radius 1 is 1.67 bits per heavy atom. The lowest BCUT2D eigenvalue weighted by Crippen LogP contribution is -2.23. The van der Waals surface area contributed by atoms with Gasteiger partial charge in [-0.2, -0.15) is 11.8 Å². The molecule has 0 saturated carbocycles. The monoisotopic (exact) mass is 147 g/mol. The van der Waals surface area contributed by atoms with Gasteiger partial charge in [0.05, 0.1) is 0 Å². The van der Waals surface area contributed by atoms with E-state index in [1.807, 2.05) is 11.8 Å². The van der Waals surface area contributed by atoms with Crippen LogP contribution in [0.3, 0.4) is 0 Å². The van der Waals surface area contributed by atoms with Crippen LogP contribution < -0.4 is 5.48 Å². The smallest absolute Gasteiger partial charge is 0.0243 e. The molecule has 1 aliphatic heterocycles. The summed E-state index contributed by atoms with van der Waals surface area (Å²) in [4.78, 5) is 0. The number of thioether (sulfide) groups is 1. The second kappa shape index (κ2) is 4.14. The van der Waals surface area contributed by atoms with Crippen molar-refractivity contribution in [2.24, 2.45) is 5.92 Å². The van der Waals surface area contributed by atoms with Crippen molar-refractivity contribution in [3.05, 3.63) is 0 Å². The lowest BCUT2D eigenvalue weighted by Gasteiger charge is -2.19. The van der Waals surface area contributed by atoms with Crippen molar-refractivity contribution in [3.8, 4) is 0 Å². The molecule has 1 rings (SSSR count). The van der Waals surface area contributed by atoms with Gasteiger partial charge in [-0.3, -0.25) is 0 Å². The Morgan fingerprint density at radius 2 is 2.56 bits per heavy atom. The van der Waals surface area contributed by atoms with Crippen LogP contribution in [0.4, 0.5) is 0 Å². The number of hydrogen-bond donors (Lipinski definition) is 2. The van der Waals surface area contributed by atoms with Gasteiger partial charge in [0.15, 0.2) is 0 Å². The van der Waals surface area contributed by atoms with Crippen molar-refractivity contribution in [3.63, 3.8) is 0 Å². The molecule has 1 unspecified atom stereocenters. The predicted molar refractivity (Wildman–Crippen MR) is 39.8 cm³/mol. The third-order valence-corrected chi connectivity index (χ3v) is 2.92. The Hall–Kier alpha value is 0.270.